The molecule has 1 aromatic heterocycles. The van der Waals surface area contributed by atoms with Gasteiger partial charge in [0, 0.05) is 18.2 Å². The molecule has 1 heterocycles. The number of anilines is 1. The van der Waals surface area contributed by atoms with E-state index >= 15 is 0 Å². The van der Waals surface area contributed by atoms with Crippen LogP contribution in [0.5, 0.6) is 0 Å². The lowest BCUT2D eigenvalue weighted by Crippen LogP contribution is -2.15. The van der Waals surface area contributed by atoms with E-state index in [0.29, 0.717) is 12.6 Å². The molecule has 4 heteroatoms. The summed E-state index contributed by atoms with van der Waals surface area (Å²) in [6.07, 6.45) is 1.23. The van der Waals surface area contributed by atoms with Gasteiger partial charge in [-0.05, 0) is 27.0 Å². The zero-order valence-electron chi connectivity index (χ0n) is 8.76. The van der Waals surface area contributed by atoms with Crippen molar-refractivity contribution in [3.63, 3.8) is 0 Å². The minimum Gasteiger partial charge on any atom is -0.368 e. The summed E-state index contributed by atoms with van der Waals surface area (Å²) in [5.41, 5.74) is 0.848. The van der Waals surface area contributed by atoms with Gasteiger partial charge in [-0.1, -0.05) is 0 Å². The molecule has 0 aliphatic heterocycles. The van der Waals surface area contributed by atoms with Crippen LogP contribution in [-0.2, 0) is 6.54 Å². The van der Waals surface area contributed by atoms with Gasteiger partial charge < -0.3 is 10.6 Å². The smallest absolute Gasteiger partial charge is 0.141 e. The largest absolute Gasteiger partial charge is 0.368 e. The van der Waals surface area contributed by atoms with Crippen molar-refractivity contribution < 1.29 is 4.39 Å². The van der Waals surface area contributed by atoms with Gasteiger partial charge >= 0.3 is 0 Å². The molecule has 1 aromatic rings. The summed E-state index contributed by atoms with van der Waals surface area (Å²) in [7, 11) is 1.82. The van der Waals surface area contributed by atoms with Gasteiger partial charge in [-0.3, -0.25) is 0 Å². The fourth-order valence-corrected chi connectivity index (χ4v) is 1.21. The topological polar surface area (TPSA) is 37.0 Å². The van der Waals surface area contributed by atoms with Crippen molar-refractivity contribution in [1.82, 2.24) is 10.3 Å². The van der Waals surface area contributed by atoms with Crippen molar-refractivity contribution >= 4 is 5.82 Å². The predicted molar refractivity (Wildman–Crippen MR) is 55.7 cm³/mol. The summed E-state index contributed by atoms with van der Waals surface area (Å²) in [5, 5.41) is 6.15. The van der Waals surface area contributed by atoms with Crippen molar-refractivity contribution in [3.05, 3.63) is 23.6 Å². The lowest BCUT2D eigenvalue weighted by molar-refractivity contribution is 0.616. The van der Waals surface area contributed by atoms with Gasteiger partial charge in [0.05, 0.1) is 6.20 Å². The zero-order chi connectivity index (χ0) is 10.6. The minimum atomic E-state index is -0.301. The Labute approximate surface area is 83.7 Å². The van der Waals surface area contributed by atoms with E-state index in [-0.39, 0.29) is 5.82 Å². The molecule has 0 unspecified atom stereocenters. The molecule has 3 nitrogen and oxygen atoms in total. The van der Waals surface area contributed by atoms with Crippen LogP contribution in [0.4, 0.5) is 10.2 Å². The fraction of sp³-hybridized carbons (Fsp3) is 0.500. The van der Waals surface area contributed by atoms with Crippen LogP contribution in [-0.4, -0.2) is 18.1 Å². The molecule has 2 N–H and O–H groups in total. The molecule has 0 atom stereocenters. The molecule has 0 aromatic carbocycles. The monoisotopic (exact) mass is 197 g/mol. The van der Waals surface area contributed by atoms with E-state index < -0.39 is 0 Å². The maximum Gasteiger partial charge on any atom is 0.141 e. The molecule has 0 aliphatic carbocycles. The highest BCUT2D eigenvalue weighted by Gasteiger charge is 2.05. The van der Waals surface area contributed by atoms with Crippen molar-refractivity contribution in [2.75, 3.05) is 12.4 Å². The Balaban J connectivity index is 2.89. The predicted octanol–water partition coefficient (Wildman–Crippen LogP) is 1.76. The molecule has 0 bridgehead atoms. The summed E-state index contributed by atoms with van der Waals surface area (Å²) in [6.45, 7) is 4.65. The molecular formula is C10H16FN3. The van der Waals surface area contributed by atoms with Gasteiger partial charge in [0.15, 0.2) is 0 Å². The first-order valence-corrected chi connectivity index (χ1v) is 4.69. The van der Waals surface area contributed by atoms with Crippen LogP contribution < -0.4 is 10.6 Å². The number of hydrogen-bond donors (Lipinski definition) is 2. The Morgan fingerprint density at radius 3 is 2.79 bits per heavy atom. The van der Waals surface area contributed by atoms with E-state index in [2.05, 4.69) is 15.6 Å². The Hall–Kier alpha value is -1.16. The van der Waals surface area contributed by atoms with Gasteiger partial charge in [0.2, 0.25) is 0 Å². The molecule has 14 heavy (non-hydrogen) atoms. The Morgan fingerprint density at radius 1 is 1.50 bits per heavy atom. The standard InChI is InChI=1S/C10H16FN3/c1-7(2)14-10-8(5-12-3)4-9(11)6-13-10/h4,6-7,12H,5H2,1-3H3,(H,13,14). The summed E-state index contributed by atoms with van der Waals surface area (Å²) in [4.78, 5) is 4.01. The quantitative estimate of drug-likeness (QED) is 0.772. The van der Waals surface area contributed by atoms with Crippen molar-refractivity contribution in [2.24, 2.45) is 0 Å². The highest BCUT2D eigenvalue weighted by molar-refractivity contribution is 5.44. The molecule has 0 amide bonds. The van der Waals surface area contributed by atoms with Crippen LogP contribution in [0.3, 0.4) is 0 Å². The molecule has 0 saturated heterocycles. The van der Waals surface area contributed by atoms with Gasteiger partial charge in [0.1, 0.15) is 11.6 Å². The summed E-state index contributed by atoms with van der Waals surface area (Å²) >= 11 is 0. The Kier molecular flexibility index (Phi) is 3.83. The second-order valence-corrected chi connectivity index (χ2v) is 3.49. The van der Waals surface area contributed by atoms with Crippen molar-refractivity contribution in [1.29, 1.82) is 0 Å². The molecule has 0 saturated carbocycles. The number of nitrogens with one attached hydrogen (secondary N) is 2. The van der Waals surface area contributed by atoms with E-state index in [1.165, 1.54) is 12.3 Å². The number of pyridine rings is 1. The van der Waals surface area contributed by atoms with E-state index in [0.717, 1.165) is 11.4 Å². The van der Waals surface area contributed by atoms with E-state index in [1.807, 2.05) is 20.9 Å². The first kappa shape index (κ1) is 10.9. The highest BCUT2D eigenvalue weighted by atomic mass is 19.1. The normalized spacial score (nSPS) is 10.6. The van der Waals surface area contributed by atoms with Gasteiger partial charge in [-0.25, -0.2) is 9.37 Å². The lowest BCUT2D eigenvalue weighted by atomic mass is 10.2. The van der Waals surface area contributed by atoms with Gasteiger partial charge in [-0.2, -0.15) is 0 Å². The SMILES string of the molecule is CNCc1cc(F)cnc1NC(C)C. The van der Waals surface area contributed by atoms with Crippen LogP contribution >= 0.6 is 0 Å². The molecule has 0 radical (unpaired) electrons. The summed E-state index contributed by atoms with van der Waals surface area (Å²) in [6, 6.07) is 1.79. The van der Waals surface area contributed by atoms with Crippen LogP contribution in [0, 0.1) is 5.82 Å². The Morgan fingerprint density at radius 2 is 2.21 bits per heavy atom. The third-order valence-electron chi connectivity index (χ3n) is 1.73. The number of nitrogens with zero attached hydrogens (tertiary/aromatic N) is 1. The van der Waals surface area contributed by atoms with Gasteiger partial charge in [0.25, 0.3) is 0 Å². The Bertz CT molecular complexity index is 299. The van der Waals surface area contributed by atoms with E-state index in [4.69, 9.17) is 0 Å². The van der Waals surface area contributed by atoms with Crippen LogP contribution in [0.15, 0.2) is 12.3 Å². The maximum absolute atomic E-state index is 12.9. The fourth-order valence-electron chi connectivity index (χ4n) is 1.21. The van der Waals surface area contributed by atoms with Crippen LogP contribution in [0.1, 0.15) is 19.4 Å². The van der Waals surface area contributed by atoms with E-state index in [1.54, 1.807) is 0 Å². The zero-order valence-corrected chi connectivity index (χ0v) is 8.76. The van der Waals surface area contributed by atoms with Crippen LogP contribution in [0.2, 0.25) is 0 Å². The van der Waals surface area contributed by atoms with E-state index in [9.17, 15) is 4.39 Å². The first-order chi connectivity index (χ1) is 6.63. The number of hydrogen-bond acceptors (Lipinski definition) is 3. The number of rotatable bonds is 4. The maximum atomic E-state index is 12.9. The molecule has 0 fully saturated rings. The second kappa shape index (κ2) is 4.91. The lowest BCUT2D eigenvalue weighted by Gasteiger charge is -2.13. The van der Waals surface area contributed by atoms with Crippen LogP contribution in [0.25, 0.3) is 0 Å². The van der Waals surface area contributed by atoms with Crippen molar-refractivity contribution in [2.45, 2.75) is 26.4 Å². The third kappa shape index (κ3) is 2.96. The number of halogens is 1. The third-order valence-corrected chi connectivity index (χ3v) is 1.73. The number of aromatic nitrogens is 1. The molecule has 78 valence electrons. The minimum absolute atomic E-state index is 0.295. The summed E-state index contributed by atoms with van der Waals surface area (Å²) < 4.78 is 12.9. The first-order valence-electron chi connectivity index (χ1n) is 4.69. The average molecular weight is 197 g/mol. The summed E-state index contributed by atoms with van der Waals surface area (Å²) in [5.74, 6) is 0.445. The van der Waals surface area contributed by atoms with Gasteiger partial charge in [-0.15, -0.1) is 0 Å². The average Bonchev–Trinajstić information content (AvgIpc) is 2.09. The second-order valence-electron chi connectivity index (χ2n) is 3.49. The van der Waals surface area contributed by atoms with Crippen molar-refractivity contribution in [3.8, 4) is 0 Å². The molecular weight excluding hydrogens is 181 g/mol. The molecule has 0 spiro atoms. The molecule has 0 aliphatic rings. The molecule has 1 rings (SSSR count). The highest BCUT2D eigenvalue weighted by Crippen LogP contribution is 2.14.